The fraction of sp³-hybridized carbons (Fsp3) is 0.364. The van der Waals surface area contributed by atoms with Crippen molar-refractivity contribution >= 4 is 25.8 Å². The van der Waals surface area contributed by atoms with Gasteiger partial charge in [-0.25, -0.2) is 21.6 Å². The number of carboxylic acid groups (broad SMARTS) is 1. The van der Waals surface area contributed by atoms with E-state index in [0.29, 0.717) is 5.56 Å². The molecule has 0 fully saturated rings. The molecule has 1 atom stereocenters. The van der Waals surface area contributed by atoms with E-state index in [9.17, 15) is 21.6 Å². The second-order valence-electron chi connectivity index (χ2n) is 4.31. The van der Waals surface area contributed by atoms with Gasteiger partial charge in [0.1, 0.15) is 0 Å². The van der Waals surface area contributed by atoms with Gasteiger partial charge in [0.25, 0.3) is 0 Å². The maximum absolute atomic E-state index is 11.5. The third kappa shape index (κ3) is 5.68. The van der Waals surface area contributed by atoms with Crippen molar-refractivity contribution in [1.82, 2.24) is 4.72 Å². The highest BCUT2D eigenvalue weighted by molar-refractivity contribution is 8.06. The zero-order chi connectivity index (χ0) is 15.4. The highest BCUT2D eigenvalue weighted by Gasteiger charge is 2.24. The Hall–Kier alpha value is -1.45. The van der Waals surface area contributed by atoms with Crippen LogP contribution < -0.4 is 4.72 Å². The van der Waals surface area contributed by atoms with Crippen LogP contribution in [-0.2, 0) is 24.7 Å². The van der Waals surface area contributed by atoms with E-state index in [1.54, 1.807) is 30.3 Å². The first-order valence-corrected chi connectivity index (χ1v) is 9.25. The predicted molar refractivity (Wildman–Crippen MR) is 73.5 cm³/mol. The van der Waals surface area contributed by atoms with E-state index in [-0.39, 0.29) is 0 Å². The number of benzene rings is 1. The maximum atomic E-state index is 11.5. The van der Waals surface area contributed by atoms with Gasteiger partial charge < -0.3 is 5.11 Å². The second-order valence-corrected chi connectivity index (χ2v) is 8.62. The summed E-state index contributed by atoms with van der Waals surface area (Å²) in [5.41, 5.74) is 0.432. The molecule has 2 N–H and O–H groups in total. The number of carbonyl (C=O) groups is 1. The van der Waals surface area contributed by atoms with E-state index < -0.39 is 43.4 Å². The molecule has 7 nitrogen and oxygen atoms in total. The molecular formula is C11H15NO6S2. The quantitative estimate of drug-likeness (QED) is 0.716. The monoisotopic (exact) mass is 321 g/mol. The first-order valence-electron chi connectivity index (χ1n) is 5.53. The average molecular weight is 321 g/mol. The molecule has 0 amide bonds. The van der Waals surface area contributed by atoms with E-state index in [1.165, 1.54) is 0 Å². The van der Waals surface area contributed by atoms with Crippen molar-refractivity contribution in [2.75, 3.05) is 17.9 Å². The van der Waals surface area contributed by atoms with Crippen LogP contribution in [0, 0.1) is 0 Å². The van der Waals surface area contributed by atoms with Gasteiger partial charge in [0.15, 0.2) is 14.9 Å². The van der Waals surface area contributed by atoms with Crippen molar-refractivity contribution in [2.45, 2.75) is 5.92 Å². The molecule has 1 aromatic carbocycles. The van der Waals surface area contributed by atoms with Crippen LogP contribution in [-0.4, -0.2) is 45.8 Å². The van der Waals surface area contributed by atoms with Crippen LogP contribution in [0.25, 0.3) is 0 Å². The molecular weight excluding hydrogens is 306 g/mol. The normalized spacial score (nSPS) is 13.8. The summed E-state index contributed by atoms with van der Waals surface area (Å²) in [5, 5.41) is 8.03. The first-order chi connectivity index (χ1) is 9.11. The van der Waals surface area contributed by atoms with E-state index in [4.69, 9.17) is 5.11 Å². The van der Waals surface area contributed by atoms with E-state index in [0.717, 1.165) is 6.26 Å². The molecule has 0 bridgehead atoms. The number of sulfonamides is 1. The molecule has 9 heteroatoms. The van der Waals surface area contributed by atoms with Gasteiger partial charge in [-0.2, -0.15) is 0 Å². The van der Waals surface area contributed by atoms with Gasteiger partial charge in [-0.15, -0.1) is 0 Å². The summed E-state index contributed by atoms with van der Waals surface area (Å²) >= 11 is 0. The molecule has 20 heavy (non-hydrogen) atoms. The molecule has 0 heterocycles. The second kappa shape index (κ2) is 6.33. The van der Waals surface area contributed by atoms with Crippen molar-refractivity contribution in [3.05, 3.63) is 35.9 Å². The SMILES string of the molecule is CS(=O)(=O)CS(=O)(=O)NCC(C(=O)O)c1ccccc1. The van der Waals surface area contributed by atoms with E-state index in [1.807, 2.05) is 4.72 Å². The topological polar surface area (TPSA) is 118 Å². The lowest BCUT2D eigenvalue weighted by atomic mass is 10.00. The zero-order valence-electron chi connectivity index (χ0n) is 10.7. The Labute approximate surface area is 117 Å². The third-order valence-corrected chi connectivity index (χ3v) is 5.94. The van der Waals surface area contributed by atoms with Crippen molar-refractivity contribution < 1.29 is 26.7 Å². The van der Waals surface area contributed by atoms with Crippen molar-refractivity contribution in [3.8, 4) is 0 Å². The standard InChI is InChI=1S/C11H15NO6S2/c1-19(15,16)8-20(17,18)12-7-10(11(13)14)9-5-3-2-4-6-9/h2-6,10,12H,7-8H2,1H3,(H,13,14). The Morgan fingerprint density at radius 2 is 1.75 bits per heavy atom. The van der Waals surface area contributed by atoms with Crippen LogP contribution in [0.2, 0.25) is 0 Å². The van der Waals surface area contributed by atoms with Gasteiger partial charge in [0, 0.05) is 12.8 Å². The van der Waals surface area contributed by atoms with Crippen molar-refractivity contribution in [1.29, 1.82) is 0 Å². The van der Waals surface area contributed by atoms with E-state index in [2.05, 4.69) is 0 Å². The Balaban J connectivity index is 2.82. The predicted octanol–water partition coefficient (Wildman–Crippen LogP) is -0.224. The average Bonchev–Trinajstić information content (AvgIpc) is 2.26. The lowest BCUT2D eigenvalue weighted by Crippen LogP contribution is -2.35. The number of carboxylic acids is 1. The molecule has 1 unspecified atom stereocenters. The zero-order valence-corrected chi connectivity index (χ0v) is 12.3. The highest BCUT2D eigenvalue weighted by Crippen LogP contribution is 2.15. The fourth-order valence-electron chi connectivity index (χ4n) is 1.57. The molecule has 0 aromatic heterocycles. The molecule has 0 saturated heterocycles. The first kappa shape index (κ1) is 16.6. The van der Waals surface area contributed by atoms with Crippen LogP contribution in [0.4, 0.5) is 0 Å². The van der Waals surface area contributed by atoms with Crippen LogP contribution in [0.1, 0.15) is 11.5 Å². The van der Waals surface area contributed by atoms with Crippen molar-refractivity contribution in [2.24, 2.45) is 0 Å². The Morgan fingerprint density at radius 1 is 1.20 bits per heavy atom. The number of nitrogens with one attached hydrogen (secondary N) is 1. The summed E-state index contributed by atoms with van der Waals surface area (Å²) < 4.78 is 47.0. The summed E-state index contributed by atoms with van der Waals surface area (Å²) in [5.74, 6) is -2.27. The molecule has 1 aromatic rings. The fourth-order valence-corrected chi connectivity index (χ4v) is 4.58. The summed E-state index contributed by atoms with van der Waals surface area (Å²) in [7, 11) is -7.79. The Kier molecular flexibility index (Phi) is 5.26. The molecule has 1 rings (SSSR count). The summed E-state index contributed by atoms with van der Waals surface area (Å²) in [6.07, 6.45) is 0.790. The van der Waals surface area contributed by atoms with Crippen molar-refractivity contribution in [3.63, 3.8) is 0 Å². The minimum absolute atomic E-state index is 0.406. The largest absolute Gasteiger partial charge is 0.481 e. The molecule has 0 aliphatic carbocycles. The van der Waals surface area contributed by atoms with Gasteiger partial charge in [0.2, 0.25) is 10.0 Å². The minimum atomic E-state index is -4.08. The van der Waals surface area contributed by atoms with Gasteiger partial charge >= 0.3 is 5.97 Å². The molecule has 0 saturated carbocycles. The number of hydrogen-bond acceptors (Lipinski definition) is 5. The minimum Gasteiger partial charge on any atom is -0.481 e. The molecule has 0 aliphatic heterocycles. The summed E-state index contributed by atoms with van der Waals surface area (Å²) in [6, 6.07) is 8.09. The van der Waals surface area contributed by atoms with Gasteiger partial charge in [-0.1, -0.05) is 30.3 Å². The van der Waals surface area contributed by atoms with Crippen LogP contribution in [0.3, 0.4) is 0 Å². The Bertz CT molecular complexity index is 666. The van der Waals surface area contributed by atoms with Crippen LogP contribution in [0.5, 0.6) is 0 Å². The van der Waals surface area contributed by atoms with Gasteiger partial charge in [0.05, 0.1) is 5.92 Å². The van der Waals surface area contributed by atoms with Gasteiger partial charge in [-0.3, -0.25) is 4.79 Å². The van der Waals surface area contributed by atoms with Crippen LogP contribution >= 0.6 is 0 Å². The maximum Gasteiger partial charge on any atom is 0.312 e. The third-order valence-electron chi connectivity index (χ3n) is 2.38. The smallest absolute Gasteiger partial charge is 0.312 e. The number of aliphatic carboxylic acids is 1. The van der Waals surface area contributed by atoms with Crippen LogP contribution in [0.15, 0.2) is 30.3 Å². The Morgan fingerprint density at radius 3 is 2.20 bits per heavy atom. The lowest BCUT2D eigenvalue weighted by Gasteiger charge is -2.13. The number of rotatable bonds is 7. The van der Waals surface area contributed by atoms with E-state index >= 15 is 0 Å². The van der Waals surface area contributed by atoms with Gasteiger partial charge in [-0.05, 0) is 5.56 Å². The molecule has 0 radical (unpaired) electrons. The number of hydrogen-bond donors (Lipinski definition) is 2. The summed E-state index contributed by atoms with van der Waals surface area (Å²) in [4.78, 5) is 11.1. The number of sulfone groups is 1. The summed E-state index contributed by atoms with van der Waals surface area (Å²) in [6.45, 7) is -0.406. The molecule has 0 aliphatic rings. The molecule has 112 valence electrons. The molecule has 0 spiro atoms. The lowest BCUT2D eigenvalue weighted by molar-refractivity contribution is -0.138. The highest BCUT2D eigenvalue weighted by atomic mass is 32.3.